The smallest absolute Gasteiger partial charge is 0.243 e. The minimum Gasteiger partial charge on any atom is -0.497 e. The molecule has 5 nitrogen and oxygen atoms in total. The molecule has 0 aromatic heterocycles. The number of carbonyl (C=O) groups is 1. The molecule has 0 aliphatic carbocycles. The van der Waals surface area contributed by atoms with E-state index in [0.29, 0.717) is 6.61 Å². The Hall–Kier alpha value is -3.47. The van der Waals surface area contributed by atoms with Crippen LogP contribution >= 0.6 is 0 Å². The van der Waals surface area contributed by atoms with Crippen LogP contribution in [-0.4, -0.2) is 26.2 Å². The Kier molecular flexibility index (Phi) is 7.52. The van der Waals surface area contributed by atoms with E-state index < -0.39 is 0 Å². The molecule has 0 unspecified atom stereocenters. The molecular weight excluding hydrogens is 364 g/mol. The first kappa shape index (κ1) is 20.3. The third kappa shape index (κ3) is 6.88. The molecule has 3 aromatic rings. The summed E-state index contributed by atoms with van der Waals surface area (Å²) in [6, 6.07) is 25.3. The minimum absolute atomic E-state index is 0.121. The van der Waals surface area contributed by atoms with Gasteiger partial charge in [-0.25, -0.2) is 0 Å². The Labute approximate surface area is 171 Å². The molecule has 5 heteroatoms. The molecule has 29 heavy (non-hydrogen) atoms. The molecule has 0 fully saturated rings. The van der Waals surface area contributed by atoms with E-state index in [2.05, 4.69) is 34.9 Å². The summed E-state index contributed by atoms with van der Waals surface area (Å²) in [6.45, 7) is 0.819. The van der Waals surface area contributed by atoms with E-state index in [0.717, 1.165) is 35.7 Å². The molecule has 0 saturated carbocycles. The average molecular weight is 390 g/mol. The summed E-state index contributed by atoms with van der Waals surface area (Å²) < 4.78 is 11.0. The third-order valence-corrected chi connectivity index (χ3v) is 4.38. The standard InChI is InChI=1S/C24H26N2O3/c1-28-22-14-12-20(13-15-22)26-24(27)18-25-21-10-5-11-23(17-21)29-16-6-9-19-7-3-2-4-8-19/h2-5,7-8,10-15,17,25H,6,9,16,18H2,1H3,(H,26,27). The molecule has 0 bridgehead atoms. The fourth-order valence-electron chi connectivity index (χ4n) is 2.87. The third-order valence-electron chi connectivity index (χ3n) is 4.38. The molecule has 0 radical (unpaired) electrons. The highest BCUT2D eigenvalue weighted by Crippen LogP contribution is 2.18. The fourth-order valence-corrected chi connectivity index (χ4v) is 2.87. The number of amides is 1. The van der Waals surface area contributed by atoms with Gasteiger partial charge in [0.1, 0.15) is 11.5 Å². The van der Waals surface area contributed by atoms with Crippen molar-refractivity contribution < 1.29 is 14.3 Å². The Bertz CT molecular complexity index is 896. The number of benzene rings is 3. The van der Waals surface area contributed by atoms with Crippen molar-refractivity contribution in [1.29, 1.82) is 0 Å². The van der Waals surface area contributed by atoms with Gasteiger partial charge in [0.15, 0.2) is 0 Å². The quantitative estimate of drug-likeness (QED) is 0.490. The molecule has 0 saturated heterocycles. The predicted octanol–water partition coefficient (Wildman–Crippen LogP) is 4.76. The van der Waals surface area contributed by atoms with Crippen LogP contribution in [-0.2, 0) is 11.2 Å². The summed E-state index contributed by atoms with van der Waals surface area (Å²) in [5.41, 5.74) is 2.89. The van der Waals surface area contributed by atoms with E-state index in [1.807, 2.05) is 42.5 Å². The monoisotopic (exact) mass is 390 g/mol. The number of nitrogens with one attached hydrogen (secondary N) is 2. The van der Waals surface area contributed by atoms with E-state index in [4.69, 9.17) is 9.47 Å². The first-order chi connectivity index (χ1) is 14.2. The maximum absolute atomic E-state index is 12.1. The maximum atomic E-state index is 12.1. The highest BCUT2D eigenvalue weighted by atomic mass is 16.5. The molecule has 0 spiro atoms. The Balaban J connectivity index is 1.41. The molecular formula is C24H26N2O3. The van der Waals surface area contributed by atoms with Crippen molar-refractivity contribution in [1.82, 2.24) is 0 Å². The van der Waals surface area contributed by atoms with Gasteiger partial charge in [0.05, 0.1) is 20.3 Å². The first-order valence-corrected chi connectivity index (χ1v) is 9.67. The summed E-state index contributed by atoms with van der Waals surface area (Å²) in [5, 5.41) is 5.97. The molecule has 3 rings (SSSR count). The lowest BCUT2D eigenvalue weighted by Gasteiger charge is -2.11. The molecule has 3 aromatic carbocycles. The van der Waals surface area contributed by atoms with Crippen LogP contribution in [0.5, 0.6) is 11.5 Å². The van der Waals surface area contributed by atoms with E-state index in [1.165, 1.54) is 5.56 Å². The zero-order chi connectivity index (χ0) is 20.3. The second-order valence-corrected chi connectivity index (χ2v) is 6.60. The van der Waals surface area contributed by atoms with Gasteiger partial charge >= 0.3 is 0 Å². The van der Waals surface area contributed by atoms with Crippen molar-refractivity contribution in [2.75, 3.05) is 30.9 Å². The van der Waals surface area contributed by atoms with Crippen LogP contribution in [0.1, 0.15) is 12.0 Å². The highest BCUT2D eigenvalue weighted by Gasteiger charge is 2.04. The second-order valence-electron chi connectivity index (χ2n) is 6.60. The van der Waals surface area contributed by atoms with Gasteiger partial charge in [-0.3, -0.25) is 4.79 Å². The summed E-state index contributed by atoms with van der Waals surface area (Å²) in [7, 11) is 1.61. The van der Waals surface area contributed by atoms with Gasteiger partial charge < -0.3 is 20.1 Å². The molecule has 2 N–H and O–H groups in total. The molecule has 0 heterocycles. The SMILES string of the molecule is COc1ccc(NC(=O)CNc2cccc(OCCCc3ccccc3)c2)cc1. The van der Waals surface area contributed by atoms with E-state index in [-0.39, 0.29) is 12.5 Å². The lowest BCUT2D eigenvalue weighted by molar-refractivity contribution is -0.114. The van der Waals surface area contributed by atoms with Crippen molar-refractivity contribution in [3.8, 4) is 11.5 Å². The summed E-state index contributed by atoms with van der Waals surface area (Å²) in [4.78, 5) is 12.1. The molecule has 1 amide bonds. The van der Waals surface area contributed by atoms with Gasteiger partial charge in [-0.1, -0.05) is 36.4 Å². The van der Waals surface area contributed by atoms with Crippen LogP contribution in [0.15, 0.2) is 78.9 Å². The Morgan fingerprint density at radius 2 is 1.66 bits per heavy atom. The van der Waals surface area contributed by atoms with E-state index in [1.54, 1.807) is 19.2 Å². The molecule has 0 atom stereocenters. The summed E-state index contributed by atoms with van der Waals surface area (Å²) in [6.07, 6.45) is 1.94. The number of methoxy groups -OCH3 is 1. The van der Waals surface area contributed by atoms with Crippen molar-refractivity contribution >= 4 is 17.3 Å². The Morgan fingerprint density at radius 3 is 2.41 bits per heavy atom. The van der Waals surface area contributed by atoms with Gasteiger partial charge in [0, 0.05) is 17.4 Å². The van der Waals surface area contributed by atoms with Crippen LogP contribution in [0.25, 0.3) is 0 Å². The number of rotatable bonds is 10. The minimum atomic E-state index is -0.121. The normalized spacial score (nSPS) is 10.2. The lowest BCUT2D eigenvalue weighted by Crippen LogP contribution is -2.21. The number of aryl methyl sites for hydroxylation is 1. The van der Waals surface area contributed by atoms with E-state index in [9.17, 15) is 4.79 Å². The fraction of sp³-hybridized carbons (Fsp3) is 0.208. The number of carbonyl (C=O) groups excluding carboxylic acids is 1. The van der Waals surface area contributed by atoms with Gasteiger partial charge in [0.2, 0.25) is 5.91 Å². The first-order valence-electron chi connectivity index (χ1n) is 9.67. The largest absolute Gasteiger partial charge is 0.497 e. The zero-order valence-corrected chi connectivity index (χ0v) is 16.6. The van der Waals surface area contributed by atoms with Crippen LogP contribution in [0.3, 0.4) is 0 Å². The average Bonchev–Trinajstić information content (AvgIpc) is 2.77. The van der Waals surface area contributed by atoms with Crippen molar-refractivity contribution in [3.05, 3.63) is 84.4 Å². The molecule has 150 valence electrons. The van der Waals surface area contributed by atoms with Gasteiger partial charge in [-0.2, -0.15) is 0 Å². The van der Waals surface area contributed by atoms with Gasteiger partial charge in [-0.05, 0) is 54.8 Å². The van der Waals surface area contributed by atoms with Gasteiger partial charge in [0.25, 0.3) is 0 Å². The summed E-state index contributed by atoms with van der Waals surface area (Å²) in [5.74, 6) is 1.42. The maximum Gasteiger partial charge on any atom is 0.243 e. The topological polar surface area (TPSA) is 59.6 Å². The Morgan fingerprint density at radius 1 is 0.862 bits per heavy atom. The number of anilines is 2. The number of hydrogen-bond acceptors (Lipinski definition) is 4. The van der Waals surface area contributed by atoms with E-state index >= 15 is 0 Å². The van der Waals surface area contributed by atoms with Crippen LogP contribution in [0.2, 0.25) is 0 Å². The summed E-state index contributed by atoms with van der Waals surface area (Å²) >= 11 is 0. The number of ether oxygens (including phenoxy) is 2. The van der Waals surface area contributed by atoms with Crippen LogP contribution in [0.4, 0.5) is 11.4 Å². The van der Waals surface area contributed by atoms with Crippen LogP contribution in [0, 0.1) is 0 Å². The predicted molar refractivity (Wildman–Crippen MR) is 117 cm³/mol. The van der Waals surface area contributed by atoms with Crippen molar-refractivity contribution in [2.24, 2.45) is 0 Å². The lowest BCUT2D eigenvalue weighted by atomic mass is 10.1. The molecule has 0 aliphatic heterocycles. The van der Waals surface area contributed by atoms with Crippen LogP contribution < -0.4 is 20.1 Å². The highest BCUT2D eigenvalue weighted by molar-refractivity contribution is 5.93. The van der Waals surface area contributed by atoms with Crippen molar-refractivity contribution in [2.45, 2.75) is 12.8 Å². The number of hydrogen-bond donors (Lipinski definition) is 2. The van der Waals surface area contributed by atoms with Crippen molar-refractivity contribution in [3.63, 3.8) is 0 Å². The zero-order valence-electron chi connectivity index (χ0n) is 16.6. The second kappa shape index (κ2) is 10.8. The molecule has 0 aliphatic rings. The van der Waals surface area contributed by atoms with Gasteiger partial charge in [-0.15, -0.1) is 0 Å².